The molecule has 0 unspecified atom stereocenters. The van der Waals surface area contributed by atoms with Crippen molar-refractivity contribution in [3.05, 3.63) is 35.5 Å². The molecule has 2 nitrogen and oxygen atoms in total. The summed E-state index contributed by atoms with van der Waals surface area (Å²) in [6.45, 7) is 5.38. The van der Waals surface area contributed by atoms with Gasteiger partial charge in [0.25, 0.3) is 0 Å². The topological polar surface area (TPSA) is 26.3 Å². The van der Waals surface area contributed by atoms with E-state index in [2.05, 4.69) is 37.4 Å². The van der Waals surface area contributed by atoms with E-state index in [4.69, 9.17) is 0 Å². The van der Waals surface area contributed by atoms with Crippen LogP contribution in [0.2, 0.25) is 13.1 Å². The third kappa shape index (κ3) is 2.21. The van der Waals surface area contributed by atoms with Crippen LogP contribution in [-0.4, -0.2) is 25.3 Å². The van der Waals surface area contributed by atoms with Gasteiger partial charge in [-0.05, 0) is 25.1 Å². The summed E-state index contributed by atoms with van der Waals surface area (Å²) in [7, 11) is -1.63. The highest BCUT2D eigenvalue weighted by Crippen LogP contribution is 2.24. The first-order valence-corrected chi connectivity index (χ1v) is 9.19. The first-order valence-electron chi connectivity index (χ1n) is 6.11. The van der Waals surface area contributed by atoms with Gasteiger partial charge in [0.2, 0.25) is 0 Å². The maximum absolute atomic E-state index is 12.0. The van der Waals surface area contributed by atoms with Crippen molar-refractivity contribution in [3.63, 3.8) is 0 Å². The lowest BCUT2D eigenvalue weighted by Crippen LogP contribution is -2.59. The number of nitrogens with zero attached hydrogens (tertiary/aromatic N) is 1. The highest BCUT2D eigenvalue weighted by atomic mass is 28.3. The molecule has 1 atom stereocenters. The van der Waals surface area contributed by atoms with E-state index in [1.807, 2.05) is 6.07 Å². The van der Waals surface area contributed by atoms with Crippen molar-refractivity contribution in [2.75, 3.05) is 6.54 Å². The minimum atomic E-state index is -1.63. The van der Waals surface area contributed by atoms with Gasteiger partial charge in [-0.3, -0.25) is 0 Å². The van der Waals surface area contributed by atoms with Crippen molar-refractivity contribution < 1.29 is 0 Å². The van der Waals surface area contributed by atoms with Crippen molar-refractivity contribution in [1.29, 1.82) is 0 Å². The van der Waals surface area contributed by atoms with Gasteiger partial charge in [0.1, 0.15) is 0 Å². The fraction of sp³-hybridized carbons (Fsp3) is 0.538. The molecule has 3 heteroatoms. The minimum absolute atomic E-state index is 0.267. The molecule has 1 fully saturated rings. The van der Waals surface area contributed by atoms with E-state index in [9.17, 15) is 5.21 Å². The molecule has 0 N–H and O–H groups in total. The van der Waals surface area contributed by atoms with Crippen LogP contribution in [0.5, 0.6) is 0 Å². The molecular weight excluding hydrogens is 214 g/mol. The Morgan fingerprint density at radius 3 is 2.50 bits per heavy atom. The fourth-order valence-electron chi connectivity index (χ4n) is 2.69. The van der Waals surface area contributed by atoms with E-state index in [0.29, 0.717) is 0 Å². The molecule has 0 radical (unpaired) electrons. The van der Waals surface area contributed by atoms with Gasteiger partial charge >= 0.3 is 0 Å². The van der Waals surface area contributed by atoms with Crippen LogP contribution in [-0.2, 0) is 0 Å². The Labute approximate surface area is 98.9 Å². The zero-order chi connectivity index (χ0) is 11.6. The van der Waals surface area contributed by atoms with Gasteiger partial charge < -0.3 is 10.3 Å². The van der Waals surface area contributed by atoms with Gasteiger partial charge in [-0.1, -0.05) is 55.0 Å². The smallest absolute Gasteiger partial charge is 0.0974 e. The molecule has 1 aliphatic rings. The number of benzene rings is 1. The third-order valence-corrected chi connectivity index (χ3v) is 7.87. The van der Waals surface area contributed by atoms with E-state index in [-0.39, 0.29) is 5.67 Å². The van der Waals surface area contributed by atoms with Gasteiger partial charge in [0.05, 0.1) is 8.07 Å². The molecule has 88 valence electrons. The maximum Gasteiger partial charge on any atom is 0.0974 e. The second kappa shape index (κ2) is 4.70. The van der Waals surface area contributed by atoms with Crippen LogP contribution in [0.4, 0.5) is 0 Å². The molecular formula is C13H20NOSi-. The van der Waals surface area contributed by atoms with Crippen molar-refractivity contribution in [1.82, 2.24) is 5.06 Å². The standard InChI is InChI=1S/C13H20NOSi/c1-16(2,12-8-4-3-5-9-12)13-10-6-7-11-14(13)15/h3-5,8-9,13H,6-7,10-11H2,1-2H3/q-1/t13-/m1/s1. The molecule has 1 aromatic rings. The van der Waals surface area contributed by atoms with Gasteiger partial charge in [0, 0.05) is 0 Å². The lowest BCUT2D eigenvalue weighted by molar-refractivity contribution is 0.270. The molecule has 0 saturated carbocycles. The normalized spacial score (nSPS) is 23.3. The Morgan fingerprint density at radius 1 is 1.19 bits per heavy atom. The summed E-state index contributed by atoms with van der Waals surface area (Å²) in [6, 6.07) is 10.6. The van der Waals surface area contributed by atoms with E-state index in [0.717, 1.165) is 19.4 Å². The average Bonchev–Trinajstić information content (AvgIpc) is 2.30. The summed E-state index contributed by atoms with van der Waals surface area (Å²) in [5.41, 5.74) is 0.267. The predicted molar refractivity (Wildman–Crippen MR) is 71.3 cm³/mol. The zero-order valence-electron chi connectivity index (χ0n) is 10.1. The summed E-state index contributed by atoms with van der Waals surface area (Å²) >= 11 is 0. The molecule has 0 aromatic heterocycles. The van der Waals surface area contributed by atoms with E-state index in [1.165, 1.54) is 16.7 Å². The van der Waals surface area contributed by atoms with Gasteiger partial charge in [0.15, 0.2) is 0 Å². The molecule has 1 aromatic carbocycles. The van der Waals surface area contributed by atoms with Crippen molar-refractivity contribution in [2.24, 2.45) is 0 Å². The molecule has 2 rings (SSSR count). The molecule has 1 aliphatic heterocycles. The Morgan fingerprint density at radius 2 is 1.88 bits per heavy atom. The first-order chi connectivity index (χ1) is 7.62. The second-order valence-electron chi connectivity index (χ2n) is 5.24. The Balaban J connectivity index is 2.23. The Bertz CT molecular complexity index is 339. The summed E-state index contributed by atoms with van der Waals surface area (Å²) in [6.07, 6.45) is 3.36. The SMILES string of the molecule is C[Si](C)(c1ccccc1)[C@@H]1CCCCN1[O-]. The van der Waals surface area contributed by atoms with Crippen molar-refractivity contribution in [3.8, 4) is 0 Å². The average molecular weight is 234 g/mol. The number of hydrogen-bond acceptors (Lipinski definition) is 2. The highest BCUT2D eigenvalue weighted by molar-refractivity contribution is 6.91. The second-order valence-corrected chi connectivity index (χ2v) is 9.93. The fourth-order valence-corrected chi connectivity index (χ4v) is 5.90. The Kier molecular flexibility index (Phi) is 3.47. The molecule has 1 saturated heterocycles. The van der Waals surface area contributed by atoms with Crippen LogP contribution in [0.3, 0.4) is 0 Å². The van der Waals surface area contributed by atoms with E-state index in [1.54, 1.807) is 0 Å². The van der Waals surface area contributed by atoms with Crippen LogP contribution in [0.1, 0.15) is 19.3 Å². The van der Waals surface area contributed by atoms with Crippen LogP contribution in [0.25, 0.3) is 0 Å². The van der Waals surface area contributed by atoms with Crippen molar-refractivity contribution in [2.45, 2.75) is 38.0 Å². The number of hydroxylamine groups is 2. The highest BCUT2D eigenvalue weighted by Gasteiger charge is 2.35. The summed E-state index contributed by atoms with van der Waals surface area (Å²) in [5.74, 6) is 0. The van der Waals surface area contributed by atoms with E-state index < -0.39 is 8.07 Å². The van der Waals surface area contributed by atoms with Crippen LogP contribution in [0, 0.1) is 5.21 Å². The summed E-state index contributed by atoms with van der Waals surface area (Å²) in [4.78, 5) is 0. The van der Waals surface area contributed by atoms with Crippen LogP contribution < -0.4 is 5.19 Å². The number of rotatable bonds is 2. The number of hydrogen-bond donors (Lipinski definition) is 0. The predicted octanol–water partition coefficient (Wildman–Crippen LogP) is 2.49. The molecule has 0 amide bonds. The maximum atomic E-state index is 12.0. The first kappa shape index (κ1) is 11.8. The molecule has 0 spiro atoms. The zero-order valence-corrected chi connectivity index (χ0v) is 11.1. The lowest BCUT2D eigenvalue weighted by atomic mass is 10.2. The van der Waals surface area contributed by atoms with Crippen LogP contribution >= 0.6 is 0 Å². The van der Waals surface area contributed by atoms with Crippen molar-refractivity contribution >= 4 is 13.3 Å². The monoisotopic (exact) mass is 234 g/mol. The van der Waals surface area contributed by atoms with Gasteiger partial charge in [-0.2, -0.15) is 0 Å². The minimum Gasteiger partial charge on any atom is -0.785 e. The quantitative estimate of drug-likeness (QED) is 0.735. The molecule has 1 heterocycles. The number of piperidine rings is 1. The summed E-state index contributed by atoms with van der Waals surface area (Å²) in [5, 5.41) is 14.7. The Hall–Kier alpha value is -0.643. The largest absolute Gasteiger partial charge is 0.785 e. The van der Waals surface area contributed by atoms with E-state index >= 15 is 0 Å². The summed E-state index contributed by atoms with van der Waals surface area (Å²) < 4.78 is 0. The van der Waals surface area contributed by atoms with Gasteiger partial charge in [-0.25, -0.2) is 0 Å². The molecule has 0 bridgehead atoms. The lowest BCUT2D eigenvalue weighted by Gasteiger charge is -2.48. The third-order valence-electron chi connectivity index (χ3n) is 3.80. The van der Waals surface area contributed by atoms with Crippen LogP contribution in [0.15, 0.2) is 30.3 Å². The van der Waals surface area contributed by atoms with Gasteiger partial charge in [-0.15, -0.1) is 0 Å². The molecule has 16 heavy (non-hydrogen) atoms. The molecule has 0 aliphatic carbocycles.